The molecule has 3 aromatic rings. The van der Waals surface area contributed by atoms with Gasteiger partial charge in [-0.15, -0.1) is 0 Å². The van der Waals surface area contributed by atoms with Crippen molar-refractivity contribution < 1.29 is 4.79 Å². The number of carbonyl (C=O) groups excluding carboxylic acids is 1. The van der Waals surface area contributed by atoms with Gasteiger partial charge in [-0.1, -0.05) is 12.1 Å². The first-order valence-corrected chi connectivity index (χ1v) is 11.0. The third kappa shape index (κ3) is 4.10. The van der Waals surface area contributed by atoms with Crippen LogP contribution in [0.3, 0.4) is 0 Å². The van der Waals surface area contributed by atoms with Gasteiger partial charge >= 0.3 is 0 Å². The number of nitrogens with one attached hydrogen (secondary N) is 2. The lowest BCUT2D eigenvalue weighted by molar-refractivity contribution is -0.123. The molecule has 1 saturated heterocycles. The Balaban J connectivity index is 1.05. The lowest BCUT2D eigenvalue weighted by atomic mass is 9.90. The summed E-state index contributed by atoms with van der Waals surface area (Å²) in [5.41, 5.74) is 3.66. The first-order chi connectivity index (χ1) is 14.7. The molecule has 6 heteroatoms. The molecule has 1 aliphatic heterocycles. The Kier molecular flexibility index (Phi) is 5.25. The molecule has 1 amide bonds. The molecule has 156 valence electrons. The van der Waals surface area contributed by atoms with Crippen molar-refractivity contribution in [2.75, 3.05) is 19.6 Å². The van der Waals surface area contributed by atoms with Crippen molar-refractivity contribution in [2.45, 2.75) is 38.6 Å². The molecule has 2 fully saturated rings. The minimum absolute atomic E-state index is 0.215. The molecule has 0 radical (unpaired) electrons. The van der Waals surface area contributed by atoms with Crippen molar-refractivity contribution in [2.24, 2.45) is 11.3 Å². The van der Waals surface area contributed by atoms with Gasteiger partial charge in [0.05, 0.1) is 17.6 Å². The Bertz CT molecular complexity index is 974. The number of piperidine rings is 1. The van der Waals surface area contributed by atoms with Crippen molar-refractivity contribution >= 4 is 16.9 Å². The third-order valence-corrected chi connectivity index (χ3v) is 6.86. The topological polar surface area (TPSA) is 73.9 Å². The largest absolute Gasteiger partial charge is 0.356 e. The number of carbonyl (C=O) groups is 1. The van der Waals surface area contributed by atoms with Crippen LogP contribution < -0.4 is 5.32 Å². The van der Waals surface area contributed by atoms with Crippen molar-refractivity contribution in [1.29, 1.82) is 0 Å². The number of aromatic amines is 1. The van der Waals surface area contributed by atoms with Gasteiger partial charge in [0.15, 0.2) is 0 Å². The molecule has 1 saturated carbocycles. The summed E-state index contributed by atoms with van der Waals surface area (Å²) in [7, 11) is 0. The van der Waals surface area contributed by atoms with Crippen LogP contribution in [0.5, 0.6) is 0 Å². The summed E-state index contributed by atoms with van der Waals surface area (Å²) >= 11 is 0. The molecule has 2 aliphatic rings. The molecule has 1 aromatic carbocycles. The number of rotatable bonds is 7. The number of likely N-dealkylation sites (tertiary alicyclic amines) is 1. The third-order valence-electron chi connectivity index (χ3n) is 6.86. The summed E-state index contributed by atoms with van der Waals surface area (Å²) in [6.07, 6.45) is 8.88. The van der Waals surface area contributed by atoms with Gasteiger partial charge in [-0.05, 0) is 80.4 Å². The summed E-state index contributed by atoms with van der Waals surface area (Å²) < 4.78 is 0. The summed E-state index contributed by atoms with van der Waals surface area (Å²) in [6.45, 7) is 3.70. The predicted molar refractivity (Wildman–Crippen MR) is 117 cm³/mol. The Morgan fingerprint density at radius 3 is 2.77 bits per heavy atom. The van der Waals surface area contributed by atoms with Gasteiger partial charge in [-0.3, -0.25) is 14.7 Å². The van der Waals surface area contributed by atoms with Crippen LogP contribution in [-0.2, 0) is 17.8 Å². The van der Waals surface area contributed by atoms with Crippen molar-refractivity contribution in [3.63, 3.8) is 0 Å². The van der Waals surface area contributed by atoms with Crippen LogP contribution in [0, 0.1) is 11.3 Å². The van der Waals surface area contributed by atoms with E-state index in [1.54, 1.807) is 0 Å². The number of imidazole rings is 1. The molecule has 0 unspecified atom stereocenters. The van der Waals surface area contributed by atoms with E-state index in [0.717, 1.165) is 75.1 Å². The first-order valence-electron chi connectivity index (χ1n) is 11.0. The number of pyridine rings is 1. The zero-order chi connectivity index (χ0) is 20.4. The Morgan fingerprint density at radius 1 is 1.17 bits per heavy atom. The molecule has 1 atom stereocenters. The van der Waals surface area contributed by atoms with Crippen LogP contribution in [0.15, 0.2) is 48.8 Å². The monoisotopic (exact) mass is 403 g/mol. The quantitative estimate of drug-likeness (QED) is 0.594. The number of H-pyrrole nitrogens is 1. The summed E-state index contributed by atoms with van der Waals surface area (Å²) in [6, 6.07) is 12.3. The maximum Gasteiger partial charge on any atom is 0.223 e. The Hall–Kier alpha value is -2.73. The predicted octanol–water partition coefficient (Wildman–Crippen LogP) is 3.31. The second kappa shape index (κ2) is 8.19. The van der Waals surface area contributed by atoms with E-state index >= 15 is 0 Å². The van der Waals surface area contributed by atoms with E-state index < -0.39 is 0 Å². The lowest BCUT2D eigenvalue weighted by Gasteiger charge is -2.32. The van der Waals surface area contributed by atoms with Gasteiger partial charge in [-0.2, -0.15) is 0 Å². The van der Waals surface area contributed by atoms with Crippen LogP contribution in [0.2, 0.25) is 0 Å². The van der Waals surface area contributed by atoms with Crippen molar-refractivity contribution in [1.82, 2.24) is 25.2 Å². The van der Waals surface area contributed by atoms with E-state index in [-0.39, 0.29) is 17.2 Å². The normalized spacial score (nSPS) is 20.5. The maximum absolute atomic E-state index is 12.6. The van der Waals surface area contributed by atoms with Gasteiger partial charge in [0.2, 0.25) is 5.91 Å². The zero-order valence-electron chi connectivity index (χ0n) is 17.3. The van der Waals surface area contributed by atoms with E-state index in [2.05, 4.69) is 26.3 Å². The molecule has 5 rings (SSSR count). The van der Waals surface area contributed by atoms with Crippen molar-refractivity contribution in [3.05, 3.63) is 60.2 Å². The fourth-order valence-corrected chi connectivity index (χ4v) is 4.90. The lowest BCUT2D eigenvalue weighted by Crippen LogP contribution is -2.37. The summed E-state index contributed by atoms with van der Waals surface area (Å²) in [4.78, 5) is 27.2. The number of benzene rings is 1. The number of hydrogen-bond donors (Lipinski definition) is 2. The number of amides is 1. The van der Waals surface area contributed by atoms with Gasteiger partial charge in [-0.25, -0.2) is 4.98 Å². The number of aromatic nitrogens is 3. The SMILES string of the molecule is O=C(NCCCc1ccncc1)[C@@H]1CC12CCN(Cc1nc3ccccc3[nH]1)CC2. The highest BCUT2D eigenvalue weighted by Gasteiger charge is 2.58. The van der Waals surface area contributed by atoms with Crippen LogP contribution in [0.4, 0.5) is 0 Å². The minimum Gasteiger partial charge on any atom is -0.356 e. The molecule has 2 aromatic heterocycles. The average molecular weight is 404 g/mol. The number of aryl methyl sites for hydroxylation is 1. The summed E-state index contributed by atoms with van der Waals surface area (Å²) in [5, 5.41) is 3.17. The van der Waals surface area contributed by atoms with E-state index in [9.17, 15) is 4.79 Å². The first kappa shape index (κ1) is 19.2. The fraction of sp³-hybridized carbons (Fsp3) is 0.458. The van der Waals surface area contributed by atoms with E-state index in [4.69, 9.17) is 4.98 Å². The average Bonchev–Trinajstić information content (AvgIpc) is 3.32. The molecule has 6 nitrogen and oxygen atoms in total. The second-order valence-corrected chi connectivity index (χ2v) is 8.85. The van der Waals surface area contributed by atoms with E-state index in [1.165, 1.54) is 5.56 Å². The molecule has 30 heavy (non-hydrogen) atoms. The number of para-hydroxylation sites is 2. The van der Waals surface area contributed by atoms with Crippen molar-refractivity contribution in [3.8, 4) is 0 Å². The van der Waals surface area contributed by atoms with Crippen LogP contribution in [-0.4, -0.2) is 45.4 Å². The standard InChI is InChI=1S/C24H29N5O/c30-23(26-11-3-4-18-7-12-25-13-8-18)19-16-24(19)9-14-29(15-10-24)17-22-27-20-5-1-2-6-21(20)28-22/h1-2,5-8,12-13,19H,3-4,9-11,14-17H2,(H,26,30)(H,27,28)/t19-/m0/s1. The Morgan fingerprint density at radius 2 is 1.97 bits per heavy atom. The maximum atomic E-state index is 12.6. The number of nitrogens with zero attached hydrogens (tertiary/aromatic N) is 3. The molecular formula is C24H29N5O. The van der Waals surface area contributed by atoms with Gasteiger partial charge in [0.25, 0.3) is 0 Å². The van der Waals surface area contributed by atoms with Crippen LogP contribution >= 0.6 is 0 Å². The minimum atomic E-state index is 0.215. The Labute approximate surface area is 177 Å². The molecule has 2 N–H and O–H groups in total. The van der Waals surface area contributed by atoms with E-state index in [0.29, 0.717) is 0 Å². The fourth-order valence-electron chi connectivity index (χ4n) is 4.90. The molecular weight excluding hydrogens is 374 g/mol. The smallest absolute Gasteiger partial charge is 0.223 e. The van der Waals surface area contributed by atoms with Gasteiger partial charge < -0.3 is 10.3 Å². The molecule has 1 spiro atoms. The number of hydrogen-bond acceptors (Lipinski definition) is 4. The highest BCUT2D eigenvalue weighted by atomic mass is 16.2. The highest BCUT2D eigenvalue weighted by Crippen LogP contribution is 2.59. The molecule has 3 heterocycles. The second-order valence-electron chi connectivity index (χ2n) is 8.85. The van der Waals surface area contributed by atoms with Gasteiger partial charge in [0.1, 0.15) is 5.82 Å². The van der Waals surface area contributed by atoms with E-state index in [1.807, 2.05) is 42.7 Å². The van der Waals surface area contributed by atoms with Crippen LogP contribution in [0.25, 0.3) is 11.0 Å². The molecule has 0 bridgehead atoms. The zero-order valence-corrected chi connectivity index (χ0v) is 17.3. The van der Waals surface area contributed by atoms with Crippen LogP contribution in [0.1, 0.15) is 37.1 Å². The number of fused-ring (bicyclic) bond motifs is 1. The van der Waals surface area contributed by atoms with Gasteiger partial charge in [0, 0.05) is 24.9 Å². The molecule has 1 aliphatic carbocycles. The summed E-state index contributed by atoms with van der Waals surface area (Å²) in [5.74, 6) is 1.51. The highest BCUT2D eigenvalue weighted by molar-refractivity contribution is 5.82.